The number of alkyl halides is 3. The summed E-state index contributed by atoms with van der Waals surface area (Å²) in [4.78, 5) is 3.67. The van der Waals surface area contributed by atoms with Crippen molar-refractivity contribution in [1.29, 1.82) is 5.26 Å². The molecule has 0 unspecified atom stereocenters. The van der Waals surface area contributed by atoms with Crippen LogP contribution < -0.4 is 4.74 Å². The number of nitriles is 1. The molecule has 0 aromatic carbocycles. The maximum atomic E-state index is 12.0. The second kappa shape index (κ2) is 4.17. The molecular weight excluding hydrogens is 209 g/mol. The summed E-state index contributed by atoms with van der Waals surface area (Å²) < 4.78 is 39.8. The summed E-state index contributed by atoms with van der Waals surface area (Å²) in [6, 6.07) is 3.09. The van der Waals surface area contributed by atoms with Crippen molar-refractivity contribution in [3.8, 4) is 11.8 Å². The first-order valence-electron chi connectivity index (χ1n) is 4.01. The highest BCUT2D eigenvalue weighted by molar-refractivity contribution is 5.38. The number of rotatable bonds is 2. The fourth-order valence-corrected chi connectivity index (χ4v) is 1.09. The van der Waals surface area contributed by atoms with Gasteiger partial charge in [-0.3, -0.25) is 4.98 Å². The van der Waals surface area contributed by atoms with Gasteiger partial charge >= 0.3 is 6.36 Å². The third-order valence-electron chi connectivity index (χ3n) is 1.65. The standard InChI is InChI=1S/C9H7F3N2O/c1-6-8(15-9(10,11)12)7(2-4-13)3-5-14-6/h3,5H,2H2,1H3. The monoisotopic (exact) mass is 216 g/mol. The summed E-state index contributed by atoms with van der Waals surface area (Å²) >= 11 is 0. The second-order valence-electron chi connectivity index (χ2n) is 2.77. The van der Waals surface area contributed by atoms with Crippen LogP contribution in [-0.4, -0.2) is 11.3 Å². The lowest BCUT2D eigenvalue weighted by Gasteiger charge is -2.13. The molecule has 6 heteroatoms. The van der Waals surface area contributed by atoms with Gasteiger partial charge in [0.1, 0.15) is 0 Å². The van der Waals surface area contributed by atoms with Gasteiger partial charge in [-0.1, -0.05) is 0 Å². The van der Waals surface area contributed by atoms with E-state index in [1.807, 2.05) is 0 Å². The van der Waals surface area contributed by atoms with E-state index in [1.165, 1.54) is 19.2 Å². The van der Waals surface area contributed by atoms with Gasteiger partial charge in [0.05, 0.1) is 18.2 Å². The molecule has 0 bridgehead atoms. The Balaban J connectivity index is 3.09. The lowest BCUT2D eigenvalue weighted by Crippen LogP contribution is -2.19. The minimum Gasteiger partial charge on any atom is -0.404 e. The molecule has 1 rings (SSSR count). The number of aromatic nitrogens is 1. The van der Waals surface area contributed by atoms with Gasteiger partial charge in [0.25, 0.3) is 0 Å². The zero-order chi connectivity index (χ0) is 11.5. The van der Waals surface area contributed by atoms with Gasteiger partial charge < -0.3 is 4.74 Å². The molecule has 1 heterocycles. The van der Waals surface area contributed by atoms with E-state index in [1.54, 1.807) is 6.07 Å². The highest BCUT2D eigenvalue weighted by Gasteiger charge is 2.33. The van der Waals surface area contributed by atoms with Crippen molar-refractivity contribution in [2.75, 3.05) is 0 Å². The van der Waals surface area contributed by atoms with Crippen LogP contribution in [0.3, 0.4) is 0 Å². The minimum absolute atomic E-state index is 0.111. The highest BCUT2D eigenvalue weighted by atomic mass is 19.4. The second-order valence-corrected chi connectivity index (χ2v) is 2.77. The topological polar surface area (TPSA) is 45.9 Å². The largest absolute Gasteiger partial charge is 0.573 e. The molecule has 0 fully saturated rings. The molecule has 0 N–H and O–H groups in total. The molecule has 0 atom stereocenters. The lowest BCUT2D eigenvalue weighted by atomic mass is 10.1. The summed E-state index contributed by atoms with van der Waals surface area (Å²) in [5, 5.41) is 8.43. The van der Waals surface area contributed by atoms with Gasteiger partial charge in [-0.25, -0.2) is 0 Å². The summed E-state index contributed by atoms with van der Waals surface area (Å²) in [6.45, 7) is 1.39. The molecule has 1 aromatic rings. The first kappa shape index (κ1) is 11.3. The Hall–Kier alpha value is -1.77. The Bertz CT molecular complexity index is 395. The molecule has 80 valence electrons. The third kappa shape index (κ3) is 3.13. The van der Waals surface area contributed by atoms with Crippen LogP contribution in [0.5, 0.6) is 5.75 Å². The average Bonchev–Trinajstić information content (AvgIpc) is 2.10. The van der Waals surface area contributed by atoms with E-state index in [2.05, 4.69) is 9.72 Å². The molecule has 15 heavy (non-hydrogen) atoms. The van der Waals surface area contributed by atoms with Gasteiger partial charge in [0.2, 0.25) is 0 Å². The van der Waals surface area contributed by atoms with Crippen molar-refractivity contribution >= 4 is 0 Å². The average molecular weight is 216 g/mol. The minimum atomic E-state index is -4.77. The van der Waals surface area contributed by atoms with E-state index in [-0.39, 0.29) is 23.4 Å². The molecule has 0 saturated carbocycles. The van der Waals surface area contributed by atoms with Crippen LogP contribution >= 0.6 is 0 Å². The van der Waals surface area contributed by atoms with Crippen molar-refractivity contribution in [1.82, 2.24) is 4.98 Å². The third-order valence-corrected chi connectivity index (χ3v) is 1.65. The van der Waals surface area contributed by atoms with Crippen LogP contribution in [0.1, 0.15) is 11.3 Å². The molecular formula is C9H7F3N2O. The molecule has 3 nitrogen and oxygen atoms in total. The number of hydrogen-bond acceptors (Lipinski definition) is 3. The Labute approximate surface area is 84.1 Å². The predicted octanol–water partition coefficient (Wildman–Crippen LogP) is 2.35. The first-order chi connectivity index (χ1) is 6.94. The first-order valence-corrected chi connectivity index (χ1v) is 4.01. The quantitative estimate of drug-likeness (QED) is 0.762. The number of ether oxygens (including phenoxy) is 1. The maximum Gasteiger partial charge on any atom is 0.573 e. The summed E-state index contributed by atoms with van der Waals surface area (Å²) in [5.74, 6) is -0.383. The van der Waals surface area contributed by atoms with Crippen LogP contribution in [-0.2, 0) is 6.42 Å². The normalized spacial score (nSPS) is 10.9. The molecule has 1 aromatic heterocycles. The van der Waals surface area contributed by atoms with Gasteiger partial charge in [0.15, 0.2) is 5.75 Å². The summed E-state index contributed by atoms with van der Waals surface area (Å²) in [7, 11) is 0. The number of pyridine rings is 1. The molecule has 0 saturated heterocycles. The molecule has 0 spiro atoms. The number of hydrogen-bond donors (Lipinski definition) is 0. The maximum absolute atomic E-state index is 12.0. The van der Waals surface area contributed by atoms with Crippen LogP contribution in [0.25, 0.3) is 0 Å². The SMILES string of the molecule is Cc1nccc(CC#N)c1OC(F)(F)F. The van der Waals surface area contributed by atoms with Crippen molar-refractivity contribution in [2.45, 2.75) is 19.7 Å². The van der Waals surface area contributed by atoms with Gasteiger partial charge in [0, 0.05) is 11.8 Å². The van der Waals surface area contributed by atoms with Gasteiger partial charge in [-0.2, -0.15) is 5.26 Å². The predicted molar refractivity (Wildman–Crippen MR) is 45.0 cm³/mol. The Morgan fingerprint density at radius 2 is 2.20 bits per heavy atom. The molecule has 0 aliphatic heterocycles. The number of halogens is 3. The Morgan fingerprint density at radius 3 is 2.73 bits per heavy atom. The van der Waals surface area contributed by atoms with Crippen LogP contribution in [0, 0.1) is 18.3 Å². The summed E-state index contributed by atoms with van der Waals surface area (Å²) in [6.07, 6.45) is -3.57. The van der Waals surface area contributed by atoms with Crippen molar-refractivity contribution in [3.63, 3.8) is 0 Å². The van der Waals surface area contributed by atoms with E-state index in [4.69, 9.17) is 5.26 Å². The lowest BCUT2D eigenvalue weighted by molar-refractivity contribution is -0.275. The van der Waals surface area contributed by atoms with Crippen molar-refractivity contribution < 1.29 is 17.9 Å². The van der Waals surface area contributed by atoms with E-state index in [9.17, 15) is 13.2 Å². The zero-order valence-corrected chi connectivity index (χ0v) is 7.80. The molecule has 0 amide bonds. The van der Waals surface area contributed by atoms with Crippen LogP contribution in [0.15, 0.2) is 12.3 Å². The molecule has 0 aliphatic rings. The van der Waals surface area contributed by atoms with Gasteiger partial charge in [-0.05, 0) is 13.0 Å². The fourth-order valence-electron chi connectivity index (χ4n) is 1.09. The highest BCUT2D eigenvalue weighted by Crippen LogP contribution is 2.28. The number of aryl methyl sites for hydroxylation is 1. The summed E-state index contributed by atoms with van der Waals surface area (Å²) in [5.41, 5.74) is 0.294. The zero-order valence-electron chi connectivity index (χ0n) is 7.80. The van der Waals surface area contributed by atoms with Crippen molar-refractivity contribution in [2.24, 2.45) is 0 Å². The van der Waals surface area contributed by atoms with Gasteiger partial charge in [-0.15, -0.1) is 13.2 Å². The molecule has 0 aliphatic carbocycles. The molecule has 0 radical (unpaired) electrons. The van der Waals surface area contributed by atoms with E-state index >= 15 is 0 Å². The number of nitrogens with zero attached hydrogens (tertiary/aromatic N) is 2. The Morgan fingerprint density at radius 1 is 1.53 bits per heavy atom. The smallest absolute Gasteiger partial charge is 0.404 e. The fraction of sp³-hybridized carbons (Fsp3) is 0.333. The van der Waals surface area contributed by atoms with Crippen LogP contribution in [0.4, 0.5) is 13.2 Å². The van der Waals surface area contributed by atoms with E-state index in [0.29, 0.717) is 0 Å². The van der Waals surface area contributed by atoms with Crippen molar-refractivity contribution in [3.05, 3.63) is 23.5 Å². The van der Waals surface area contributed by atoms with E-state index < -0.39 is 6.36 Å². The Kier molecular flexibility index (Phi) is 3.14. The van der Waals surface area contributed by atoms with E-state index in [0.717, 1.165) is 0 Å². The van der Waals surface area contributed by atoms with Crippen LogP contribution in [0.2, 0.25) is 0 Å².